The number of fused-ring (bicyclic) bond motifs is 5. The predicted octanol–water partition coefficient (Wildman–Crippen LogP) is 4.54. The second-order valence-electron chi connectivity index (χ2n) is 9.01. The molecule has 0 saturated heterocycles. The minimum Gasteiger partial charge on any atom is -0.295 e. The number of ketones is 1. The molecule has 0 aromatic rings. The van der Waals surface area contributed by atoms with Crippen LogP contribution in [0.3, 0.4) is 0 Å². The molecule has 7 atom stereocenters. The highest BCUT2D eigenvalue weighted by molar-refractivity contribution is 5.93. The molecule has 1 unspecified atom stereocenters. The number of hydrogen-bond acceptors (Lipinski definition) is 2. The quantitative estimate of drug-likeness (QED) is 0.524. The topological polar surface area (TPSA) is 34.1 Å². The molecule has 2 nitrogen and oxygen atoms in total. The van der Waals surface area contributed by atoms with E-state index in [4.69, 9.17) is 0 Å². The van der Waals surface area contributed by atoms with Gasteiger partial charge in [-0.2, -0.15) is 0 Å². The highest BCUT2D eigenvalue weighted by Gasteiger charge is 2.57. The van der Waals surface area contributed by atoms with Gasteiger partial charge in [0, 0.05) is 17.9 Å². The van der Waals surface area contributed by atoms with Gasteiger partial charge >= 0.3 is 0 Å². The smallest absolute Gasteiger partial charge is 0.158 e. The summed E-state index contributed by atoms with van der Waals surface area (Å²) in [7, 11) is 0. The Balaban J connectivity index is 1.65. The first-order valence-corrected chi connectivity index (χ1v) is 9.58. The third kappa shape index (κ3) is 2.15. The van der Waals surface area contributed by atoms with Gasteiger partial charge in [0.2, 0.25) is 0 Å². The van der Waals surface area contributed by atoms with Crippen LogP contribution in [0.4, 0.5) is 0 Å². The molecule has 4 aliphatic carbocycles. The maximum atomic E-state index is 12.1. The van der Waals surface area contributed by atoms with Crippen molar-refractivity contribution in [1.82, 2.24) is 0 Å². The molecule has 3 fully saturated rings. The average molecular weight is 324 g/mol. The van der Waals surface area contributed by atoms with E-state index in [0.29, 0.717) is 17.6 Å². The molecule has 24 heavy (non-hydrogen) atoms. The van der Waals surface area contributed by atoms with Crippen LogP contribution >= 0.6 is 0 Å². The van der Waals surface area contributed by atoms with Crippen molar-refractivity contribution in [2.45, 2.75) is 52.4 Å². The molecule has 0 heterocycles. The lowest BCUT2D eigenvalue weighted by atomic mass is 9.51. The summed E-state index contributed by atoms with van der Waals surface area (Å²) in [5.74, 6) is 5.51. The Morgan fingerprint density at radius 2 is 2.12 bits per heavy atom. The molecule has 0 N–H and O–H groups in total. The van der Waals surface area contributed by atoms with Crippen molar-refractivity contribution in [3.8, 4) is 0 Å². The molecule has 2 heteroatoms. The Bertz CT molecular complexity index is 665. The van der Waals surface area contributed by atoms with E-state index in [-0.39, 0.29) is 17.3 Å². The molecule has 0 aliphatic heterocycles. The summed E-state index contributed by atoms with van der Waals surface area (Å²) in [5.41, 5.74) is 2.86. The van der Waals surface area contributed by atoms with Crippen LogP contribution in [0, 0.1) is 40.9 Å². The Morgan fingerprint density at radius 1 is 1.33 bits per heavy atom. The van der Waals surface area contributed by atoms with E-state index < -0.39 is 0 Å². The summed E-state index contributed by atoms with van der Waals surface area (Å²) in [5, 5.41) is 0. The summed E-state index contributed by atoms with van der Waals surface area (Å²) in [4.78, 5) is 23.1. The maximum absolute atomic E-state index is 12.1. The van der Waals surface area contributed by atoms with Crippen molar-refractivity contribution < 1.29 is 9.59 Å². The first-order chi connectivity index (χ1) is 11.5. The fourth-order valence-electron chi connectivity index (χ4n) is 6.72. The molecular formula is C22H28O2. The van der Waals surface area contributed by atoms with Crippen molar-refractivity contribution in [1.29, 1.82) is 0 Å². The van der Waals surface area contributed by atoms with E-state index in [0.717, 1.165) is 31.1 Å². The first-order valence-electron chi connectivity index (χ1n) is 9.58. The van der Waals surface area contributed by atoms with E-state index in [2.05, 4.69) is 20.4 Å². The summed E-state index contributed by atoms with van der Waals surface area (Å²) in [6.45, 7) is 8.77. The van der Waals surface area contributed by atoms with Gasteiger partial charge in [0.05, 0.1) is 0 Å². The van der Waals surface area contributed by atoms with Crippen LogP contribution in [0.15, 0.2) is 29.9 Å². The van der Waals surface area contributed by atoms with Crippen molar-refractivity contribution in [3.63, 3.8) is 0 Å². The van der Waals surface area contributed by atoms with Gasteiger partial charge in [-0.25, -0.2) is 4.79 Å². The molecule has 0 bridgehead atoms. The fourth-order valence-corrected chi connectivity index (χ4v) is 6.72. The largest absolute Gasteiger partial charge is 0.295 e. The van der Waals surface area contributed by atoms with Gasteiger partial charge in [-0.05, 0) is 73.7 Å². The number of carbonyl (C=O) groups excluding carboxylic acids is 2. The lowest BCUT2D eigenvalue weighted by Gasteiger charge is -2.53. The Kier molecular flexibility index (Phi) is 3.73. The molecule has 0 radical (unpaired) electrons. The first kappa shape index (κ1) is 16.1. The lowest BCUT2D eigenvalue weighted by Crippen LogP contribution is -2.46. The van der Waals surface area contributed by atoms with Gasteiger partial charge < -0.3 is 0 Å². The average Bonchev–Trinajstić information content (AvgIpc) is 2.80. The van der Waals surface area contributed by atoms with E-state index in [1.165, 1.54) is 30.4 Å². The van der Waals surface area contributed by atoms with Crippen molar-refractivity contribution in [2.75, 3.05) is 0 Å². The number of rotatable bonds is 1. The molecule has 0 aromatic carbocycles. The third-order valence-corrected chi connectivity index (χ3v) is 7.98. The van der Waals surface area contributed by atoms with E-state index in [9.17, 15) is 9.59 Å². The van der Waals surface area contributed by atoms with Crippen molar-refractivity contribution in [2.24, 2.45) is 40.9 Å². The summed E-state index contributed by atoms with van der Waals surface area (Å²) >= 11 is 0. The van der Waals surface area contributed by atoms with Gasteiger partial charge in [-0.3, -0.25) is 4.79 Å². The second-order valence-corrected chi connectivity index (χ2v) is 9.01. The molecule has 4 rings (SSSR count). The van der Waals surface area contributed by atoms with Crippen LogP contribution in [0.5, 0.6) is 0 Å². The van der Waals surface area contributed by atoms with Gasteiger partial charge in [0.15, 0.2) is 5.78 Å². The second kappa shape index (κ2) is 5.56. The SMILES string of the molecule is C=C1C[C@H]2[C@@H]3CCC4=CC(=O)C(C)C[C@@H]4[C@H]3CC[C@]2(C)[C@@H]1C=C=O. The normalized spacial score (nSPS) is 47.2. The highest BCUT2D eigenvalue weighted by atomic mass is 16.1. The van der Waals surface area contributed by atoms with Crippen LogP contribution in [0.2, 0.25) is 0 Å². The predicted molar refractivity (Wildman–Crippen MR) is 94.9 cm³/mol. The zero-order valence-corrected chi connectivity index (χ0v) is 14.9. The molecule has 128 valence electrons. The van der Waals surface area contributed by atoms with Crippen LogP contribution in [0.25, 0.3) is 0 Å². The Labute approximate surface area is 145 Å². The zero-order chi connectivity index (χ0) is 17.1. The minimum absolute atomic E-state index is 0.187. The molecule has 4 aliphatic rings. The van der Waals surface area contributed by atoms with Crippen molar-refractivity contribution in [3.05, 3.63) is 29.9 Å². The number of carbonyl (C=O) groups is 1. The fraction of sp³-hybridized carbons (Fsp3) is 0.682. The summed E-state index contributed by atoms with van der Waals surface area (Å²) in [6.07, 6.45) is 10.5. The van der Waals surface area contributed by atoms with E-state index in [1.54, 1.807) is 6.08 Å². The minimum atomic E-state index is 0.187. The van der Waals surface area contributed by atoms with Crippen molar-refractivity contribution >= 4 is 11.7 Å². The molecule has 0 amide bonds. The van der Waals surface area contributed by atoms with E-state index in [1.807, 2.05) is 12.0 Å². The van der Waals surface area contributed by atoms with Gasteiger partial charge in [-0.15, -0.1) is 0 Å². The number of hydrogen-bond donors (Lipinski definition) is 0. The molecular weight excluding hydrogens is 296 g/mol. The standard InChI is InChI=1S/C22H28O2/c1-13-11-20-17-5-4-15-12-21(24)14(2)10-18(15)16(17)6-8-22(20,3)19(13)7-9-23/h7,12,14,16-20H,1,4-6,8,10-11H2,2-3H3/t14?,16-,17+,18-,19+,20-,22+/m0/s1. The van der Waals surface area contributed by atoms with Gasteiger partial charge in [0.1, 0.15) is 5.94 Å². The Morgan fingerprint density at radius 3 is 2.88 bits per heavy atom. The van der Waals surface area contributed by atoms with E-state index >= 15 is 0 Å². The van der Waals surface area contributed by atoms with Crippen LogP contribution in [0.1, 0.15) is 52.4 Å². The lowest BCUT2D eigenvalue weighted by molar-refractivity contribution is -0.119. The summed E-state index contributed by atoms with van der Waals surface area (Å²) < 4.78 is 0. The third-order valence-electron chi connectivity index (χ3n) is 7.98. The Hall–Kier alpha value is -1.40. The molecule has 0 spiro atoms. The number of allylic oxidation sites excluding steroid dienone is 3. The zero-order valence-electron chi connectivity index (χ0n) is 14.9. The molecule has 3 saturated carbocycles. The van der Waals surface area contributed by atoms with Crippen LogP contribution in [-0.2, 0) is 9.59 Å². The maximum Gasteiger partial charge on any atom is 0.158 e. The van der Waals surface area contributed by atoms with Crippen LogP contribution in [-0.4, -0.2) is 11.7 Å². The summed E-state index contributed by atoms with van der Waals surface area (Å²) in [6, 6.07) is 0. The highest BCUT2D eigenvalue weighted by Crippen LogP contribution is 2.64. The van der Waals surface area contributed by atoms with Crippen LogP contribution < -0.4 is 0 Å². The van der Waals surface area contributed by atoms with Gasteiger partial charge in [0.25, 0.3) is 0 Å². The molecule has 0 aromatic heterocycles. The monoisotopic (exact) mass is 324 g/mol. The van der Waals surface area contributed by atoms with Gasteiger partial charge in [-0.1, -0.05) is 31.6 Å².